The van der Waals surface area contributed by atoms with Crippen LogP contribution in [0.2, 0.25) is 5.02 Å². The van der Waals surface area contributed by atoms with Crippen LogP contribution in [0.3, 0.4) is 0 Å². The number of nitrogens with one attached hydrogen (secondary N) is 1. The Morgan fingerprint density at radius 1 is 1.14 bits per heavy atom. The van der Waals surface area contributed by atoms with Crippen molar-refractivity contribution in [3.05, 3.63) is 75.7 Å². The number of rotatable bonds is 8. The fraction of sp³-hybridized carbons (Fsp3) is 0.333. The predicted molar refractivity (Wildman–Crippen MR) is 141 cm³/mol. The zero-order valence-electron chi connectivity index (χ0n) is 20.8. The number of anilines is 2. The van der Waals surface area contributed by atoms with E-state index in [2.05, 4.69) is 10.4 Å². The summed E-state index contributed by atoms with van der Waals surface area (Å²) in [6.07, 6.45) is 2.90. The molecule has 9 nitrogen and oxygen atoms in total. The number of aromatic nitrogens is 2. The van der Waals surface area contributed by atoms with Crippen molar-refractivity contribution in [3.8, 4) is 11.4 Å². The number of esters is 1. The number of carbonyl (C=O) groups is 2. The molecule has 0 spiro atoms. The number of likely N-dealkylation sites (tertiary alicyclic amines) is 1. The maximum absolute atomic E-state index is 13.4. The van der Waals surface area contributed by atoms with E-state index in [0.717, 1.165) is 6.42 Å². The number of carbonyl (C=O) groups excluding carboxylic acids is 2. The fourth-order valence-electron chi connectivity index (χ4n) is 4.26. The van der Waals surface area contributed by atoms with Gasteiger partial charge in [0.05, 0.1) is 31.0 Å². The molecule has 1 aliphatic rings. The summed E-state index contributed by atoms with van der Waals surface area (Å²) in [5, 5.41) is 7.90. The van der Waals surface area contributed by atoms with Gasteiger partial charge in [0, 0.05) is 29.4 Å². The molecule has 1 N–H and O–H groups in total. The van der Waals surface area contributed by atoms with Crippen LogP contribution in [0.15, 0.2) is 59.5 Å². The first-order chi connectivity index (χ1) is 17.9. The van der Waals surface area contributed by atoms with E-state index in [1.807, 2.05) is 6.92 Å². The molecule has 3 aromatic rings. The van der Waals surface area contributed by atoms with Gasteiger partial charge in [0.25, 0.3) is 11.5 Å². The van der Waals surface area contributed by atoms with Gasteiger partial charge in [-0.15, -0.1) is 0 Å². The topological polar surface area (TPSA) is 103 Å². The van der Waals surface area contributed by atoms with E-state index >= 15 is 0 Å². The highest BCUT2D eigenvalue weighted by Crippen LogP contribution is 2.26. The van der Waals surface area contributed by atoms with Crippen molar-refractivity contribution >= 4 is 34.9 Å². The van der Waals surface area contributed by atoms with Gasteiger partial charge in [-0.2, -0.15) is 9.78 Å². The Kier molecular flexibility index (Phi) is 8.45. The summed E-state index contributed by atoms with van der Waals surface area (Å²) in [6.45, 7) is 5.13. The highest BCUT2D eigenvalue weighted by molar-refractivity contribution is 6.30. The lowest BCUT2D eigenvalue weighted by atomic mass is 9.97. The molecule has 0 bridgehead atoms. The quantitative estimate of drug-likeness (QED) is 0.434. The average molecular weight is 525 g/mol. The third kappa shape index (κ3) is 6.11. The lowest BCUT2D eigenvalue weighted by Gasteiger charge is -2.31. The van der Waals surface area contributed by atoms with Crippen LogP contribution in [0.4, 0.5) is 11.4 Å². The molecule has 1 amide bonds. The van der Waals surface area contributed by atoms with Crippen LogP contribution in [0.5, 0.6) is 5.75 Å². The molecule has 0 unspecified atom stereocenters. The first-order valence-electron chi connectivity index (χ1n) is 12.2. The number of amides is 1. The first-order valence-corrected chi connectivity index (χ1v) is 12.6. The predicted octanol–water partition coefficient (Wildman–Crippen LogP) is 4.44. The zero-order chi connectivity index (χ0) is 26.4. The summed E-state index contributed by atoms with van der Waals surface area (Å²) in [5.41, 5.74) is 1.30. The molecule has 4 rings (SSSR count). The third-order valence-electron chi connectivity index (χ3n) is 6.02. The number of nitrogens with zero attached hydrogens (tertiary/aromatic N) is 3. The molecular formula is C27H29ClN4O5. The molecule has 1 aromatic heterocycles. The highest BCUT2D eigenvalue weighted by Gasteiger charge is 2.30. The number of piperidine rings is 1. The smallest absolute Gasteiger partial charge is 0.310 e. The molecule has 194 valence electrons. The monoisotopic (exact) mass is 524 g/mol. The minimum Gasteiger partial charge on any atom is -0.490 e. The average Bonchev–Trinajstić information content (AvgIpc) is 2.91. The number of ether oxygens (including phenoxy) is 2. The minimum atomic E-state index is -0.418. The molecule has 2 heterocycles. The van der Waals surface area contributed by atoms with Crippen LogP contribution in [-0.2, 0) is 9.53 Å². The van der Waals surface area contributed by atoms with Crippen molar-refractivity contribution < 1.29 is 19.1 Å². The highest BCUT2D eigenvalue weighted by atomic mass is 35.5. The van der Waals surface area contributed by atoms with Crippen LogP contribution < -0.4 is 15.6 Å². The number of benzene rings is 2. The Morgan fingerprint density at radius 3 is 2.65 bits per heavy atom. The second kappa shape index (κ2) is 11.9. The lowest BCUT2D eigenvalue weighted by Crippen LogP contribution is -2.42. The summed E-state index contributed by atoms with van der Waals surface area (Å²) in [7, 11) is 0. The lowest BCUT2D eigenvalue weighted by molar-refractivity contribution is -0.149. The molecule has 0 radical (unpaired) electrons. The number of hydrogen-bond acceptors (Lipinski definition) is 7. The molecule has 2 aromatic carbocycles. The van der Waals surface area contributed by atoms with E-state index in [1.54, 1.807) is 60.4 Å². The van der Waals surface area contributed by atoms with Crippen molar-refractivity contribution in [2.24, 2.45) is 5.92 Å². The molecular weight excluding hydrogens is 496 g/mol. The van der Waals surface area contributed by atoms with Crippen molar-refractivity contribution in [2.75, 3.05) is 31.6 Å². The van der Waals surface area contributed by atoms with Crippen LogP contribution in [0.1, 0.15) is 37.0 Å². The molecule has 10 heteroatoms. The molecule has 1 aliphatic heterocycles. The van der Waals surface area contributed by atoms with Crippen molar-refractivity contribution in [3.63, 3.8) is 0 Å². The van der Waals surface area contributed by atoms with Gasteiger partial charge in [-0.3, -0.25) is 14.4 Å². The van der Waals surface area contributed by atoms with Crippen LogP contribution in [0.25, 0.3) is 5.69 Å². The largest absolute Gasteiger partial charge is 0.490 e. The van der Waals surface area contributed by atoms with Crippen LogP contribution >= 0.6 is 11.6 Å². The number of halogens is 1. The van der Waals surface area contributed by atoms with E-state index in [1.165, 1.54) is 10.9 Å². The minimum absolute atomic E-state index is 0.184. The van der Waals surface area contributed by atoms with Gasteiger partial charge < -0.3 is 19.7 Å². The zero-order valence-corrected chi connectivity index (χ0v) is 21.5. The summed E-state index contributed by atoms with van der Waals surface area (Å²) in [4.78, 5) is 40.5. The Balaban J connectivity index is 1.60. The van der Waals surface area contributed by atoms with Gasteiger partial charge >= 0.3 is 5.97 Å². The van der Waals surface area contributed by atoms with Gasteiger partial charge in [-0.25, -0.2) is 0 Å². The van der Waals surface area contributed by atoms with Gasteiger partial charge in [-0.05, 0) is 69.2 Å². The molecule has 1 atom stereocenters. The van der Waals surface area contributed by atoms with E-state index < -0.39 is 5.56 Å². The Morgan fingerprint density at radius 2 is 1.92 bits per heavy atom. The molecule has 1 fully saturated rings. The van der Waals surface area contributed by atoms with E-state index in [-0.39, 0.29) is 23.5 Å². The van der Waals surface area contributed by atoms with Crippen LogP contribution in [-0.4, -0.2) is 52.9 Å². The Labute approximate surface area is 219 Å². The van der Waals surface area contributed by atoms with E-state index in [0.29, 0.717) is 60.4 Å². The van der Waals surface area contributed by atoms with E-state index in [9.17, 15) is 14.4 Å². The molecule has 0 aliphatic carbocycles. The van der Waals surface area contributed by atoms with Crippen LogP contribution in [0, 0.1) is 5.92 Å². The van der Waals surface area contributed by atoms with Gasteiger partial charge in [-0.1, -0.05) is 17.7 Å². The summed E-state index contributed by atoms with van der Waals surface area (Å²) < 4.78 is 12.0. The van der Waals surface area contributed by atoms with Crippen molar-refractivity contribution in [2.45, 2.75) is 26.7 Å². The first kappa shape index (κ1) is 26.2. The normalized spacial score (nSPS) is 15.2. The SMILES string of the molecule is CCOC(=O)[C@H]1CCCN(C(=O)c2cccc(Nc3c(OCC)cnn(-c4ccc(Cl)cc4)c3=O)c2)C1. The Hall–Kier alpha value is -3.85. The third-order valence-corrected chi connectivity index (χ3v) is 6.27. The van der Waals surface area contributed by atoms with E-state index in [4.69, 9.17) is 21.1 Å². The molecule has 1 saturated heterocycles. The van der Waals surface area contributed by atoms with Crippen molar-refractivity contribution in [1.29, 1.82) is 0 Å². The fourth-order valence-corrected chi connectivity index (χ4v) is 4.38. The summed E-state index contributed by atoms with van der Waals surface area (Å²) in [5.74, 6) is -0.483. The van der Waals surface area contributed by atoms with Crippen molar-refractivity contribution in [1.82, 2.24) is 14.7 Å². The molecule has 37 heavy (non-hydrogen) atoms. The van der Waals surface area contributed by atoms with Gasteiger partial charge in [0.1, 0.15) is 0 Å². The van der Waals surface area contributed by atoms with Gasteiger partial charge in [0.2, 0.25) is 0 Å². The summed E-state index contributed by atoms with van der Waals surface area (Å²) in [6, 6.07) is 13.6. The Bertz CT molecular complexity index is 1330. The number of hydrogen-bond donors (Lipinski definition) is 1. The summed E-state index contributed by atoms with van der Waals surface area (Å²) >= 11 is 5.98. The van der Waals surface area contributed by atoms with Gasteiger partial charge in [0.15, 0.2) is 11.4 Å². The standard InChI is InChI=1S/C27H29ClN4O5/c1-3-36-23-16-29-32(22-12-10-20(28)11-13-22)26(34)24(23)30-21-9-5-7-18(15-21)25(33)31-14-6-8-19(17-31)27(35)37-4-2/h5,7,9-13,15-16,19,30H,3-4,6,8,14,17H2,1-2H3/t19-/m0/s1. The maximum Gasteiger partial charge on any atom is 0.310 e. The molecule has 0 saturated carbocycles. The second-order valence-electron chi connectivity index (χ2n) is 8.56. The second-order valence-corrected chi connectivity index (χ2v) is 8.99. The maximum atomic E-state index is 13.4.